The molecule has 0 amide bonds. The highest BCUT2D eigenvalue weighted by Gasteiger charge is 2.33. The van der Waals surface area contributed by atoms with Crippen molar-refractivity contribution in [1.29, 1.82) is 0 Å². The van der Waals surface area contributed by atoms with Gasteiger partial charge in [-0.3, -0.25) is 0 Å². The van der Waals surface area contributed by atoms with E-state index in [1.807, 2.05) is 33.2 Å². The lowest BCUT2D eigenvalue weighted by Crippen LogP contribution is -2.44. The van der Waals surface area contributed by atoms with E-state index >= 15 is 0 Å². The van der Waals surface area contributed by atoms with Gasteiger partial charge in [-0.05, 0) is 44.3 Å². The quantitative estimate of drug-likeness (QED) is 0.874. The van der Waals surface area contributed by atoms with Crippen LogP contribution in [0, 0.1) is 0 Å². The number of hydrogen-bond acceptors (Lipinski definition) is 4. The van der Waals surface area contributed by atoms with Crippen molar-refractivity contribution in [3.63, 3.8) is 0 Å². The number of sulfonamides is 1. The Morgan fingerprint density at radius 2 is 2.06 bits per heavy atom. The first kappa shape index (κ1) is 15.6. The predicted octanol–water partition coefficient (Wildman–Crippen LogP) is 2.28. The minimum Gasteiger partial charge on any atom is -0.316 e. The van der Waals surface area contributed by atoms with Gasteiger partial charge in [-0.25, -0.2) is 8.42 Å². The summed E-state index contributed by atoms with van der Waals surface area (Å²) in [6.45, 7) is 6.55. The average Bonchev–Trinajstić information content (AvgIpc) is 2.77. The molecule has 0 bridgehead atoms. The van der Waals surface area contributed by atoms with Gasteiger partial charge in [-0.2, -0.15) is 4.31 Å². The molecule has 1 aromatic rings. The van der Waals surface area contributed by atoms with Gasteiger partial charge in [0.05, 0.1) is 0 Å². The lowest BCUT2D eigenvalue weighted by atomic mass is 10.0. The smallest absolute Gasteiger partial charge is 0.252 e. The van der Waals surface area contributed by atoms with Crippen LogP contribution in [-0.4, -0.2) is 32.4 Å². The molecule has 0 atom stereocenters. The summed E-state index contributed by atoms with van der Waals surface area (Å²) in [4.78, 5) is 0. The molecule has 18 heavy (non-hydrogen) atoms. The van der Waals surface area contributed by atoms with Crippen LogP contribution < -0.4 is 5.32 Å². The summed E-state index contributed by atoms with van der Waals surface area (Å²) >= 11 is 1.28. The SMILES string of the molecule is CCC(C)(C)N(C)S(=O)(=O)c1cc(CNC)cs1. The van der Waals surface area contributed by atoms with Crippen molar-refractivity contribution in [2.24, 2.45) is 0 Å². The maximum atomic E-state index is 12.5. The number of hydrogen-bond donors (Lipinski definition) is 1. The van der Waals surface area contributed by atoms with Crippen molar-refractivity contribution < 1.29 is 8.42 Å². The van der Waals surface area contributed by atoms with Crippen LogP contribution in [0.15, 0.2) is 15.7 Å². The fourth-order valence-corrected chi connectivity index (χ4v) is 4.42. The van der Waals surface area contributed by atoms with E-state index in [4.69, 9.17) is 0 Å². The fraction of sp³-hybridized carbons (Fsp3) is 0.667. The van der Waals surface area contributed by atoms with Crippen molar-refractivity contribution in [3.8, 4) is 0 Å². The van der Waals surface area contributed by atoms with Gasteiger partial charge in [-0.15, -0.1) is 11.3 Å². The van der Waals surface area contributed by atoms with E-state index in [0.717, 1.165) is 12.0 Å². The van der Waals surface area contributed by atoms with Gasteiger partial charge in [0.1, 0.15) is 4.21 Å². The second-order valence-corrected chi connectivity index (χ2v) is 8.05. The second-order valence-electron chi connectivity index (χ2n) is 4.94. The van der Waals surface area contributed by atoms with Crippen LogP contribution in [0.3, 0.4) is 0 Å². The zero-order valence-electron chi connectivity index (χ0n) is 11.6. The van der Waals surface area contributed by atoms with E-state index in [0.29, 0.717) is 10.8 Å². The number of nitrogens with one attached hydrogen (secondary N) is 1. The van der Waals surface area contributed by atoms with Crippen molar-refractivity contribution >= 4 is 21.4 Å². The maximum Gasteiger partial charge on any atom is 0.252 e. The lowest BCUT2D eigenvalue weighted by Gasteiger charge is -2.33. The van der Waals surface area contributed by atoms with Crippen LogP contribution in [0.1, 0.15) is 32.8 Å². The highest BCUT2D eigenvalue weighted by molar-refractivity contribution is 7.91. The number of nitrogens with zero attached hydrogens (tertiary/aromatic N) is 1. The molecule has 0 aliphatic carbocycles. The molecule has 0 saturated carbocycles. The number of rotatable bonds is 6. The molecule has 4 nitrogen and oxygen atoms in total. The van der Waals surface area contributed by atoms with Crippen LogP contribution in [0.2, 0.25) is 0 Å². The molecule has 0 fully saturated rings. The average molecular weight is 290 g/mol. The highest BCUT2D eigenvalue weighted by Crippen LogP contribution is 2.29. The molecule has 0 aromatic carbocycles. The molecule has 6 heteroatoms. The Balaban J connectivity index is 3.05. The molecule has 1 aromatic heterocycles. The third-order valence-corrected chi connectivity index (χ3v) is 6.88. The largest absolute Gasteiger partial charge is 0.316 e. The third-order valence-electron chi connectivity index (χ3n) is 3.34. The summed E-state index contributed by atoms with van der Waals surface area (Å²) in [6.07, 6.45) is 0.775. The first-order chi connectivity index (χ1) is 8.25. The van der Waals surface area contributed by atoms with Crippen LogP contribution in [0.25, 0.3) is 0 Å². The topological polar surface area (TPSA) is 49.4 Å². The summed E-state index contributed by atoms with van der Waals surface area (Å²) in [7, 11) is 0.112. The molecular weight excluding hydrogens is 268 g/mol. The zero-order valence-corrected chi connectivity index (χ0v) is 13.3. The fourth-order valence-electron chi connectivity index (χ4n) is 1.47. The molecule has 0 radical (unpaired) electrons. The van der Waals surface area contributed by atoms with Crippen molar-refractivity contribution in [2.75, 3.05) is 14.1 Å². The van der Waals surface area contributed by atoms with E-state index in [1.54, 1.807) is 13.1 Å². The van der Waals surface area contributed by atoms with Gasteiger partial charge >= 0.3 is 0 Å². The third kappa shape index (κ3) is 3.12. The van der Waals surface area contributed by atoms with Crippen LogP contribution in [0.4, 0.5) is 0 Å². The van der Waals surface area contributed by atoms with E-state index in [9.17, 15) is 8.42 Å². The summed E-state index contributed by atoms with van der Waals surface area (Å²) in [5, 5.41) is 4.90. The van der Waals surface area contributed by atoms with Crippen LogP contribution in [-0.2, 0) is 16.6 Å². The zero-order chi connectivity index (χ0) is 14.0. The Hall–Kier alpha value is -0.430. The Labute approximate surface area is 114 Å². The minimum atomic E-state index is -3.38. The predicted molar refractivity (Wildman–Crippen MR) is 76.4 cm³/mol. The van der Waals surface area contributed by atoms with Gasteiger partial charge in [0, 0.05) is 19.1 Å². The standard InChI is InChI=1S/C12H22N2O2S2/c1-6-12(2,3)14(5)18(15,16)11-7-10(8-13-4)9-17-11/h7,9,13H,6,8H2,1-5H3. The van der Waals surface area contributed by atoms with Gasteiger partial charge in [0.2, 0.25) is 0 Å². The van der Waals surface area contributed by atoms with Crippen LogP contribution >= 0.6 is 11.3 Å². The minimum absolute atomic E-state index is 0.369. The Morgan fingerprint density at radius 3 is 2.56 bits per heavy atom. The molecular formula is C12H22N2O2S2. The Bertz CT molecular complexity index is 492. The molecule has 1 heterocycles. The molecule has 0 saturated heterocycles. The Kier molecular flexibility index (Phi) is 4.94. The number of thiophene rings is 1. The van der Waals surface area contributed by atoms with E-state index in [1.165, 1.54) is 15.6 Å². The maximum absolute atomic E-state index is 12.5. The van der Waals surface area contributed by atoms with Crippen molar-refractivity contribution in [3.05, 3.63) is 17.0 Å². The molecule has 0 unspecified atom stereocenters. The molecule has 0 aliphatic rings. The Morgan fingerprint density at radius 1 is 1.44 bits per heavy atom. The van der Waals surface area contributed by atoms with Crippen molar-refractivity contribution in [2.45, 2.75) is 43.5 Å². The van der Waals surface area contributed by atoms with E-state index in [2.05, 4.69) is 5.32 Å². The highest BCUT2D eigenvalue weighted by atomic mass is 32.2. The van der Waals surface area contributed by atoms with Gasteiger partial charge in [0.25, 0.3) is 10.0 Å². The van der Waals surface area contributed by atoms with Crippen LogP contribution in [0.5, 0.6) is 0 Å². The monoisotopic (exact) mass is 290 g/mol. The molecule has 1 N–H and O–H groups in total. The van der Waals surface area contributed by atoms with Gasteiger partial charge in [0.15, 0.2) is 0 Å². The summed E-state index contributed by atoms with van der Waals surface area (Å²) < 4.78 is 26.8. The van der Waals surface area contributed by atoms with Gasteiger partial charge < -0.3 is 5.32 Å². The summed E-state index contributed by atoms with van der Waals surface area (Å²) in [5.74, 6) is 0. The molecule has 0 spiro atoms. The molecule has 0 aliphatic heterocycles. The molecule has 1 rings (SSSR count). The molecule has 104 valence electrons. The van der Waals surface area contributed by atoms with E-state index < -0.39 is 10.0 Å². The lowest BCUT2D eigenvalue weighted by molar-refractivity contribution is 0.257. The normalized spacial score (nSPS) is 13.2. The first-order valence-electron chi connectivity index (χ1n) is 5.96. The second kappa shape index (κ2) is 5.69. The summed E-state index contributed by atoms with van der Waals surface area (Å²) in [5.41, 5.74) is 0.634. The van der Waals surface area contributed by atoms with Gasteiger partial charge in [-0.1, -0.05) is 6.92 Å². The first-order valence-corrected chi connectivity index (χ1v) is 8.28. The van der Waals surface area contributed by atoms with Crippen molar-refractivity contribution in [1.82, 2.24) is 9.62 Å². The van der Waals surface area contributed by atoms with E-state index in [-0.39, 0.29) is 5.54 Å². The summed E-state index contributed by atoms with van der Waals surface area (Å²) in [6, 6.07) is 1.75.